The largest absolute Gasteiger partial charge is 0.495 e. The second kappa shape index (κ2) is 9.74. The normalized spacial score (nSPS) is 10.7. The Bertz CT molecular complexity index is 1240. The van der Waals surface area contributed by atoms with Gasteiger partial charge in [-0.25, -0.2) is 4.98 Å². The van der Waals surface area contributed by atoms with E-state index in [1.165, 1.54) is 18.4 Å². The Morgan fingerprint density at radius 3 is 2.24 bits per heavy atom. The van der Waals surface area contributed by atoms with Crippen LogP contribution in [0.5, 0.6) is 23.0 Å². The first-order valence-corrected chi connectivity index (χ1v) is 10.9. The lowest BCUT2D eigenvalue weighted by Crippen LogP contribution is -2.30. The van der Waals surface area contributed by atoms with Gasteiger partial charge in [-0.2, -0.15) is 0 Å². The third-order valence-corrected chi connectivity index (χ3v) is 6.14. The molecule has 1 amide bonds. The number of carbonyl (C=O) groups is 1. The van der Waals surface area contributed by atoms with Gasteiger partial charge in [0.2, 0.25) is 0 Å². The van der Waals surface area contributed by atoms with Crippen molar-refractivity contribution >= 4 is 32.6 Å². The first kappa shape index (κ1) is 22.3. The Labute approximate surface area is 195 Å². The zero-order chi connectivity index (χ0) is 23.4. The molecule has 0 saturated heterocycles. The summed E-state index contributed by atoms with van der Waals surface area (Å²) in [4.78, 5) is 24.4. The second-order valence-corrected chi connectivity index (χ2v) is 7.90. The van der Waals surface area contributed by atoms with Crippen LogP contribution in [-0.2, 0) is 6.54 Å². The van der Waals surface area contributed by atoms with Crippen LogP contribution in [0.25, 0.3) is 10.2 Å². The molecule has 170 valence electrons. The number of benzene rings is 2. The maximum Gasteiger partial charge on any atom is 0.260 e. The molecule has 0 bridgehead atoms. The van der Waals surface area contributed by atoms with Crippen LogP contribution >= 0.6 is 11.3 Å². The molecule has 2 aromatic heterocycles. The molecule has 4 aromatic rings. The lowest BCUT2D eigenvalue weighted by atomic mass is 10.1. The van der Waals surface area contributed by atoms with Crippen LogP contribution in [-0.4, -0.2) is 44.3 Å². The summed E-state index contributed by atoms with van der Waals surface area (Å²) in [6.45, 7) is 0.235. The fourth-order valence-electron chi connectivity index (χ4n) is 3.39. The van der Waals surface area contributed by atoms with E-state index in [2.05, 4.69) is 4.98 Å². The van der Waals surface area contributed by atoms with E-state index in [0.717, 1.165) is 10.4 Å². The molecular formula is C24H23N3O5S. The van der Waals surface area contributed by atoms with Gasteiger partial charge in [0.05, 0.1) is 40.7 Å². The first-order valence-electron chi connectivity index (χ1n) is 10.0. The molecule has 33 heavy (non-hydrogen) atoms. The molecule has 0 N–H and O–H groups in total. The Morgan fingerprint density at radius 1 is 0.879 bits per heavy atom. The molecule has 2 heterocycles. The standard InChI is InChI=1S/C24H23N3O5S/c1-29-17-9-8-15(13-20(17)32-4)23(28)27(14-16-7-5-6-12-25-16)24-26-21-18(30-2)10-11-19(31-3)22(21)33-24/h5-13H,14H2,1-4H3. The number of ether oxygens (including phenoxy) is 4. The number of fused-ring (bicyclic) bond motifs is 1. The summed E-state index contributed by atoms with van der Waals surface area (Å²) in [6, 6.07) is 14.2. The van der Waals surface area contributed by atoms with Crippen LogP contribution in [0.1, 0.15) is 16.1 Å². The third-order valence-electron chi connectivity index (χ3n) is 5.05. The number of anilines is 1. The van der Waals surface area contributed by atoms with Gasteiger partial charge in [-0.05, 0) is 42.5 Å². The van der Waals surface area contributed by atoms with Gasteiger partial charge in [0.25, 0.3) is 5.91 Å². The highest BCUT2D eigenvalue weighted by Gasteiger charge is 2.25. The fourth-order valence-corrected chi connectivity index (χ4v) is 4.47. The van der Waals surface area contributed by atoms with Gasteiger partial charge >= 0.3 is 0 Å². The first-order chi connectivity index (χ1) is 16.1. The number of pyridine rings is 1. The Kier molecular flexibility index (Phi) is 6.60. The monoisotopic (exact) mass is 465 g/mol. The zero-order valence-electron chi connectivity index (χ0n) is 18.7. The summed E-state index contributed by atoms with van der Waals surface area (Å²) < 4.78 is 22.5. The molecule has 0 fully saturated rings. The average molecular weight is 466 g/mol. The van der Waals surface area contributed by atoms with Crippen molar-refractivity contribution in [2.75, 3.05) is 33.3 Å². The van der Waals surface area contributed by atoms with Gasteiger partial charge in [0.15, 0.2) is 16.6 Å². The van der Waals surface area contributed by atoms with Crippen LogP contribution < -0.4 is 23.8 Å². The minimum absolute atomic E-state index is 0.235. The number of nitrogens with zero attached hydrogens (tertiary/aromatic N) is 3. The number of hydrogen-bond donors (Lipinski definition) is 0. The molecule has 9 heteroatoms. The van der Waals surface area contributed by atoms with Gasteiger partial charge in [-0.1, -0.05) is 17.4 Å². The van der Waals surface area contributed by atoms with Crippen LogP contribution in [0.4, 0.5) is 5.13 Å². The fraction of sp³-hybridized carbons (Fsp3) is 0.208. The summed E-state index contributed by atoms with van der Waals surface area (Å²) >= 11 is 1.35. The SMILES string of the molecule is COc1ccc(C(=O)N(Cc2ccccn2)c2nc3c(OC)ccc(OC)c3s2)cc1OC. The number of aromatic nitrogens is 2. The molecule has 0 aliphatic rings. The van der Waals surface area contributed by atoms with Gasteiger partial charge in [-0.3, -0.25) is 14.7 Å². The highest BCUT2D eigenvalue weighted by molar-refractivity contribution is 7.22. The summed E-state index contributed by atoms with van der Waals surface area (Å²) in [5, 5.41) is 0.498. The number of hydrogen-bond acceptors (Lipinski definition) is 8. The van der Waals surface area contributed by atoms with E-state index in [0.29, 0.717) is 39.2 Å². The maximum absolute atomic E-state index is 13.7. The molecule has 8 nitrogen and oxygen atoms in total. The molecule has 0 aliphatic heterocycles. The molecule has 2 aromatic carbocycles. The number of carbonyl (C=O) groups excluding carboxylic acids is 1. The molecule has 0 unspecified atom stereocenters. The number of methoxy groups -OCH3 is 4. The highest BCUT2D eigenvalue weighted by atomic mass is 32.1. The van der Waals surface area contributed by atoms with E-state index >= 15 is 0 Å². The highest BCUT2D eigenvalue weighted by Crippen LogP contribution is 2.41. The van der Waals surface area contributed by atoms with Crippen molar-refractivity contribution in [3.8, 4) is 23.0 Å². The van der Waals surface area contributed by atoms with E-state index in [9.17, 15) is 4.79 Å². The van der Waals surface area contributed by atoms with E-state index in [1.54, 1.807) is 56.7 Å². The predicted molar refractivity (Wildman–Crippen MR) is 127 cm³/mol. The van der Waals surface area contributed by atoms with Crippen molar-refractivity contribution in [3.05, 3.63) is 66.0 Å². The van der Waals surface area contributed by atoms with Gasteiger partial charge in [-0.15, -0.1) is 0 Å². The van der Waals surface area contributed by atoms with E-state index in [-0.39, 0.29) is 12.5 Å². The summed E-state index contributed by atoms with van der Waals surface area (Å²) in [5.41, 5.74) is 1.79. The summed E-state index contributed by atoms with van der Waals surface area (Å²) in [5.74, 6) is 2.02. The van der Waals surface area contributed by atoms with Crippen LogP contribution in [0, 0.1) is 0 Å². The maximum atomic E-state index is 13.7. The Morgan fingerprint density at radius 2 is 1.58 bits per heavy atom. The van der Waals surface area contributed by atoms with Crippen molar-refractivity contribution in [2.24, 2.45) is 0 Å². The molecule has 0 saturated carbocycles. The van der Waals surface area contributed by atoms with E-state index in [4.69, 9.17) is 23.9 Å². The predicted octanol–water partition coefficient (Wildman–Crippen LogP) is 4.57. The average Bonchev–Trinajstić information content (AvgIpc) is 3.31. The molecule has 0 aliphatic carbocycles. The molecular weight excluding hydrogens is 442 g/mol. The molecule has 4 rings (SSSR count). The molecule has 0 radical (unpaired) electrons. The Balaban J connectivity index is 1.83. The van der Waals surface area contributed by atoms with Crippen molar-refractivity contribution in [2.45, 2.75) is 6.54 Å². The van der Waals surface area contributed by atoms with Crippen LogP contribution in [0.2, 0.25) is 0 Å². The van der Waals surface area contributed by atoms with Gasteiger partial charge in [0, 0.05) is 11.8 Å². The lowest BCUT2D eigenvalue weighted by Gasteiger charge is -2.20. The van der Waals surface area contributed by atoms with Crippen LogP contribution in [0.15, 0.2) is 54.7 Å². The molecule has 0 atom stereocenters. The summed E-state index contributed by atoms with van der Waals surface area (Å²) in [6.07, 6.45) is 1.69. The number of amides is 1. The zero-order valence-corrected chi connectivity index (χ0v) is 19.5. The minimum atomic E-state index is -0.251. The second-order valence-electron chi connectivity index (χ2n) is 6.93. The van der Waals surface area contributed by atoms with Gasteiger partial charge < -0.3 is 18.9 Å². The summed E-state index contributed by atoms with van der Waals surface area (Å²) in [7, 11) is 6.26. The minimum Gasteiger partial charge on any atom is -0.495 e. The van der Waals surface area contributed by atoms with E-state index < -0.39 is 0 Å². The molecule has 0 spiro atoms. The number of thiazole rings is 1. The lowest BCUT2D eigenvalue weighted by molar-refractivity contribution is 0.0984. The van der Waals surface area contributed by atoms with Crippen molar-refractivity contribution in [3.63, 3.8) is 0 Å². The van der Waals surface area contributed by atoms with Crippen molar-refractivity contribution in [1.82, 2.24) is 9.97 Å². The quantitative estimate of drug-likeness (QED) is 0.377. The smallest absolute Gasteiger partial charge is 0.260 e. The third kappa shape index (κ3) is 4.40. The van der Waals surface area contributed by atoms with E-state index in [1.807, 2.05) is 24.3 Å². The van der Waals surface area contributed by atoms with Crippen molar-refractivity contribution in [1.29, 1.82) is 0 Å². The van der Waals surface area contributed by atoms with Crippen molar-refractivity contribution < 1.29 is 23.7 Å². The van der Waals surface area contributed by atoms with Crippen LogP contribution in [0.3, 0.4) is 0 Å². The number of rotatable bonds is 8. The topological polar surface area (TPSA) is 83.0 Å². The van der Waals surface area contributed by atoms with Gasteiger partial charge in [0.1, 0.15) is 21.7 Å². The Hall–Kier alpha value is -3.85.